The zero-order valence-electron chi connectivity index (χ0n) is 21.2. The van der Waals surface area contributed by atoms with E-state index in [-0.39, 0.29) is 25.1 Å². The van der Waals surface area contributed by atoms with E-state index in [1.165, 1.54) is 6.92 Å². The van der Waals surface area contributed by atoms with Crippen LogP contribution >= 0.6 is 0 Å². The van der Waals surface area contributed by atoms with E-state index in [2.05, 4.69) is 16.0 Å². The minimum Gasteiger partial charge on any atom is -0.440 e. The molecule has 3 N–H and O–H groups in total. The number of nitrogens with one attached hydrogen (secondary N) is 3. The van der Waals surface area contributed by atoms with Crippen molar-refractivity contribution >= 4 is 24.2 Å². The summed E-state index contributed by atoms with van der Waals surface area (Å²) in [4.78, 5) is 49.4. The first kappa shape index (κ1) is 28.5. The number of esters is 1. The molecule has 0 aliphatic heterocycles. The average Bonchev–Trinajstić information content (AvgIpc) is 2.91. The van der Waals surface area contributed by atoms with E-state index in [1.54, 1.807) is 91.0 Å². The fraction of sp³-hybridized carbons (Fsp3) is 0.214. The molecule has 0 aliphatic rings. The standard InChI is InChI=1S/C28H29N3O8/c1-20(30-27(34)38-22-14-7-3-8-15-22)36-25(32)24(31-28(35)39-23-16-9-4-10-17-23)18-11-19-29-26(33)37-21-12-5-2-6-13-21/h2-10,12-17,20,24H,11,18-19H2,1H3,(H,29,33)(H,30,34)(H,31,35). The van der Waals surface area contributed by atoms with Crippen molar-refractivity contribution in [3.63, 3.8) is 0 Å². The summed E-state index contributed by atoms with van der Waals surface area (Å²) in [6.45, 7) is 1.59. The minimum atomic E-state index is -1.14. The maximum atomic E-state index is 12.9. The van der Waals surface area contributed by atoms with Gasteiger partial charge in [-0.25, -0.2) is 19.2 Å². The number of hydrogen-bond acceptors (Lipinski definition) is 8. The Labute approximate surface area is 225 Å². The Morgan fingerprint density at radius 2 is 1.08 bits per heavy atom. The Kier molecular flexibility index (Phi) is 11.1. The van der Waals surface area contributed by atoms with E-state index in [0.717, 1.165) is 0 Å². The summed E-state index contributed by atoms with van der Waals surface area (Å²) in [6, 6.07) is 24.1. The molecule has 3 aromatic carbocycles. The van der Waals surface area contributed by atoms with Crippen LogP contribution < -0.4 is 30.2 Å². The second kappa shape index (κ2) is 15.3. The number of amides is 3. The lowest BCUT2D eigenvalue weighted by atomic mass is 10.1. The number of carbonyl (C=O) groups excluding carboxylic acids is 4. The van der Waals surface area contributed by atoms with Gasteiger partial charge < -0.3 is 29.6 Å². The fourth-order valence-electron chi connectivity index (χ4n) is 3.22. The fourth-order valence-corrected chi connectivity index (χ4v) is 3.22. The van der Waals surface area contributed by atoms with Gasteiger partial charge in [-0.2, -0.15) is 0 Å². The van der Waals surface area contributed by atoms with Crippen molar-refractivity contribution in [2.45, 2.75) is 32.0 Å². The Morgan fingerprint density at radius 3 is 1.56 bits per heavy atom. The van der Waals surface area contributed by atoms with Crippen LogP contribution in [0.4, 0.5) is 14.4 Å². The molecule has 3 rings (SSSR count). The van der Waals surface area contributed by atoms with Gasteiger partial charge in [-0.15, -0.1) is 0 Å². The van der Waals surface area contributed by atoms with Crippen LogP contribution in [0.15, 0.2) is 91.0 Å². The van der Waals surface area contributed by atoms with E-state index in [9.17, 15) is 19.2 Å². The number of carbonyl (C=O) groups is 4. The molecule has 0 fully saturated rings. The van der Waals surface area contributed by atoms with E-state index >= 15 is 0 Å². The molecule has 0 spiro atoms. The summed E-state index contributed by atoms with van der Waals surface area (Å²) in [5.74, 6) is 0.162. The molecular weight excluding hydrogens is 506 g/mol. The summed E-state index contributed by atoms with van der Waals surface area (Å²) in [6.07, 6.45) is -3.05. The van der Waals surface area contributed by atoms with Crippen LogP contribution in [0.3, 0.4) is 0 Å². The maximum Gasteiger partial charge on any atom is 0.415 e. The predicted octanol–water partition coefficient (Wildman–Crippen LogP) is 4.39. The largest absolute Gasteiger partial charge is 0.440 e. The molecule has 2 unspecified atom stereocenters. The van der Waals surface area contributed by atoms with Crippen molar-refractivity contribution in [2.75, 3.05) is 6.54 Å². The average molecular weight is 536 g/mol. The summed E-state index contributed by atoms with van der Waals surface area (Å²) in [7, 11) is 0. The van der Waals surface area contributed by atoms with Gasteiger partial charge in [0.2, 0.25) is 0 Å². The summed E-state index contributed by atoms with van der Waals surface area (Å²) >= 11 is 0. The Balaban J connectivity index is 1.51. The molecule has 0 saturated carbocycles. The van der Waals surface area contributed by atoms with Crippen LogP contribution in [0.2, 0.25) is 0 Å². The normalized spacial score (nSPS) is 11.7. The van der Waals surface area contributed by atoms with Gasteiger partial charge in [0.1, 0.15) is 23.3 Å². The Morgan fingerprint density at radius 1 is 0.641 bits per heavy atom. The molecule has 0 heterocycles. The van der Waals surface area contributed by atoms with Crippen LogP contribution in [0.5, 0.6) is 17.2 Å². The van der Waals surface area contributed by atoms with Gasteiger partial charge in [-0.1, -0.05) is 54.6 Å². The van der Waals surface area contributed by atoms with Crippen molar-refractivity contribution < 1.29 is 38.1 Å². The summed E-state index contributed by atoms with van der Waals surface area (Å²) in [5, 5.41) is 7.44. The van der Waals surface area contributed by atoms with Gasteiger partial charge in [0.15, 0.2) is 6.23 Å². The molecule has 0 bridgehead atoms. The SMILES string of the molecule is CC(NC(=O)Oc1ccccc1)OC(=O)C(CCCNC(=O)Oc1ccccc1)NC(=O)Oc1ccccc1. The number of rotatable bonds is 11. The van der Waals surface area contributed by atoms with Crippen LogP contribution in [-0.4, -0.2) is 43.1 Å². The molecule has 0 aromatic heterocycles. The van der Waals surface area contributed by atoms with Crippen molar-refractivity contribution in [3.8, 4) is 17.2 Å². The quantitative estimate of drug-likeness (QED) is 0.187. The van der Waals surface area contributed by atoms with Gasteiger partial charge in [0.25, 0.3) is 0 Å². The second-order valence-electron chi connectivity index (χ2n) is 8.10. The highest BCUT2D eigenvalue weighted by molar-refractivity contribution is 5.82. The maximum absolute atomic E-state index is 12.9. The third-order valence-corrected chi connectivity index (χ3v) is 4.99. The van der Waals surface area contributed by atoms with Crippen LogP contribution in [0.25, 0.3) is 0 Å². The van der Waals surface area contributed by atoms with Crippen molar-refractivity contribution in [3.05, 3.63) is 91.0 Å². The van der Waals surface area contributed by atoms with Crippen molar-refractivity contribution in [1.82, 2.24) is 16.0 Å². The molecule has 39 heavy (non-hydrogen) atoms. The number of para-hydroxylation sites is 3. The topological polar surface area (TPSA) is 141 Å². The van der Waals surface area contributed by atoms with Crippen LogP contribution in [-0.2, 0) is 9.53 Å². The molecule has 204 valence electrons. The van der Waals surface area contributed by atoms with Gasteiger partial charge in [-0.3, -0.25) is 5.32 Å². The van der Waals surface area contributed by atoms with E-state index in [4.69, 9.17) is 18.9 Å². The lowest BCUT2D eigenvalue weighted by Gasteiger charge is -2.21. The van der Waals surface area contributed by atoms with Gasteiger partial charge in [0.05, 0.1) is 0 Å². The molecule has 0 saturated heterocycles. The number of hydrogen-bond donors (Lipinski definition) is 3. The summed E-state index contributed by atoms with van der Waals surface area (Å²) < 4.78 is 20.8. The van der Waals surface area contributed by atoms with Crippen molar-refractivity contribution in [2.24, 2.45) is 0 Å². The first-order chi connectivity index (χ1) is 18.9. The first-order valence-electron chi connectivity index (χ1n) is 12.2. The molecule has 11 nitrogen and oxygen atoms in total. The number of benzene rings is 3. The second-order valence-corrected chi connectivity index (χ2v) is 8.10. The molecular formula is C28H29N3O8. The lowest BCUT2D eigenvalue weighted by Crippen LogP contribution is -2.47. The predicted molar refractivity (Wildman–Crippen MR) is 140 cm³/mol. The third-order valence-electron chi connectivity index (χ3n) is 4.99. The summed E-state index contributed by atoms with van der Waals surface area (Å²) in [5.41, 5.74) is 0. The smallest absolute Gasteiger partial charge is 0.415 e. The van der Waals surface area contributed by atoms with E-state index in [0.29, 0.717) is 11.5 Å². The zero-order chi connectivity index (χ0) is 27.9. The molecule has 3 aromatic rings. The van der Waals surface area contributed by atoms with Crippen molar-refractivity contribution in [1.29, 1.82) is 0 Å². The highest BCUT2D eigenvalue weighted by atomic mass is 16.6. The zero-order valence-corrected chi connectivity index (χ0v) is 21.2. The minimum absolute atomic E-state index is 0.0928. The van der Waals surface area contributed by atoms with E-state index < -0.39 is 36.5 Å². The Bertz CT molecular complexity index is 1210. The highest BCUT2D eigenvalue weighted by Gasteiger charge is 2.25. The monoisotopic (exact) mass is 535 g/mol. The number of ether oxygens (including phenoxy) is 4. The highest BCUT2D eigenvalue weighted by Crippen LogP contribution is 2.11. The third kappa shape index (κ3) is 10.8. The van der Waals surface area contributed by atoms with Crippen LogP contribution in [0, 0.1) is 0 Å². The van der Waals surface area contributed by atoms with Gasteiger partial charge >= 0.3 is 24.2 Å². The molecule has 11 heteroatoms. The van der Waals surface area contributed by atoms with E-state index in [1.807, 2.05) is 0 Å². The lowest BCUT2D eigenvalue weighted by molar-refractivity contribution is -0.151. The van der Waals surface area contributed by atoms with Gasteiger partial charge in [0, 0.05) is 6.54 Å². The molecule has 2 atom stereocenters. The molecule has 3 amide bonds. The Hall–Kier alpha value is -5.06. The first-order valence-corrected chi connectivity index (χ1v) is 12.2. The van der Waals surface area contributed by atoms with Crippen LogP contribution in [0.1, 0.15) is 19.8 Å². The van der Waals surface area contributed by atoms with Gasteiger partial charge in [-0.05, 0) is 56.2 Å². The molecule has 0 radical (unpaired) electrons. The molecule has 0 aliphatic carbocycles.